The molecule has 0 spiro atoms. The third-order valence-corrected chi connectivity index (χ3v) is 7.10. The number of hydrogen-bond donors (Lipinski definition) is 1. The number of anilines is 1. The number of halogens is 3. The minimum atomic E-state index is -4.07. The third kappa shape index (κ3) is 3.96. The number of hydrogen-bond acceptors (Lipinski definition) is 5. The second kappa shape index (κ2) is 7.51. The van der Waals surface area contributed by atoms with Crippen LogP contribution >= 0.6 is 23.1 Å². The van der Waals surface area contributed by atoms with Gasteiger partial charge in [0.25, 0.3) is 10.0 Å². The first-order chi connectivity index (χ1) is 12.7. The molecule has 27 heavy (non-hydrogen) atoms. The number of benzene rings is 2. The van der Waals surface area contributed by atoms with Gasteiger partial charge in [0.05, 0.1) is 10.6 Å². The van der Waals surface area contributed by atoms with Crippen molar-refractivity contribution in [1.29, 1.82) is 0 Å². The lowest BCUT2D eigenvalue weighted by Crippen LogP contribution is -2.22. The Morgan fingerprint density at radius 3 is 2.44 bits per heavy atom. The molecule has 0 aliphatic heterocycles. The molecule has 5 nitrogen and oxygen atoms in total. The van der Waals surface area contributed by atoms with E-state index in [0.29, 0.717) is 15.5 Å². The molecule has 10 heteroatoms. The molecule has 3 rings (SSSR count). The van der Waals surface area contributed by atoms with Crippen LogP contribution in [0.2, 0.25) is 0 Å². The van der Waals surface area contributed by atoms with Gasteiger partial charge in [-0.25, -0.2) is 13.8 Å². The van der Waals surface area contributed by atoms with Crippen molar-refractivity contribution in [3.05, 3.63) is 76.3 Å². The predicted molar refractivity (Wildman–Crippen MR) is 99.2 cm³/mol. The van der Waals surface area contributed by atoms with E-state index in [1.165, 1.54) is 11.4 Å². The SMILES string of the molecule is Cc1ccccc1S(=O)(=O)N(Cl)c1nc(C(O)c2cc(F)cc(F)c2)cs1. The van der Waals surface area contributed by atoms with Crippen molar-refractivity contribution >= 4 is 38.3 Å². The summed E-state index contributed by atoms with van der Waals surface area (Å²) in [5.74, 6) is -1.69. The number of aromatic nitrogens is 1. The maximum atomic E-state index is 13.3. The molecule has 1 N–H and O–H groups in total. The molecule has 1 heterocycles. The van der Waals surface area contributed by atoms with Crippen molar-refractivity contribution in [2.75, 3.05) is 3.82 Å². The van der Waals surface area contributed by atoms with Crippen LogP contribution in [0.1, 0.15) is 22.9 Å². The first-order valence-electron chi connectivity index (χ1n) is 7.56. The zero-order valence-electron chi connectivity index (χ0n) is 13.8. The van der Waals surface area contributed by atoms with Gasteiger partial charge in [0, 0.05) is 23.2 Å². The van der Waals surface area contributed by atoms with E-state index < -0.39 is 27.8 Å². The van der Waals surface area contributed by atoms with Crippen LogP contribution in [-0.4, -0.2) is 18.5 Å². The van der Waals surface area contributed by atoms with Gasteiger partial charge in [0.2, 0.25) is 5.13 Å². The topological polar surface area (TPSA) is 70.5 Å². The van der Waals surface area contributed by atoms with Crippen LogP contribution in [0.25, 0.3) is 0 Å². The molecule has 3 aromatic rings. The molecule has 0 fully saturated rings. The van der Waals surface area contributed by atoms with Gasteiger partial charge in [0.1, 0.15) is 17.7 Å². The zero-order chi connectivity index (χ0) is 19.8. The summed E-state index contributed by atoms with van der Waals surface area (Å²) in [6.45, 7) is 1.63. The predicted octanol–water partition coefficient (Wildman–Crippen LogP) is 4.16. The summed E-state index contributed by atoms with van der Waals surface area (Å²) in [7, 11) is -4.07. The lowest BCUT2D eigenvalue weighted by Gasteiger charge is -2.14. The lowest BCUT2D eigenvalue weighted by atomic mass is 10.1. The molecule has 0 bridgehead atoms. The van der Waals surface area contributed by atoms with Gasteiger partial charge in [-0.1, -0.05) is 18.2 Å². The van der Waals surface area contributed by atoms with Gasteiger partial charge in [-0.3, -0.25) is 0 Å². The average molecular weight is 431 g/mol. The Morgan fingerprint density at radius 1 is 1.19 bits per heavy atom. The van der Waals surface area contributed by atoms with E-state index in [4.69, 9.17) is 11.8 Å². The fraction of sp³-hybridized carbons (Fsp3) is 0.118. The first kappa shape index (κ1) is 19.7. The summed E-state index contributed by atoms with van der Waals surface area (Å²) >= 11 is 6.88. The highest BCUT2D eigenvalue weighted by Crippen LogP contribution is 2.33. The largest absolute Gasteiger partial charge is 0.382 e. The van der Waals surface area contributed by atoms with Crippen molar-refractivity contribution in [3.8, 4) is 0 Å². The Morgan fingerprint density at radius 2 is 1.81 bits per heavy atom. The third-order valence-electron chi connectivity index (χ3n) is 3.72. The summed E-state index contributed by atoms with van der Waals surface area (Å²) < 4.78 is 52.6. The van der Waals surface area contributed by atoms with E-state index >= 15 is 0 Å². The number of aliphatic hydroxyl groups excluding tert-OH is 1. The van der Waals surface area contributed by atoms with Crippen LogP contribution in [0.15, 0.2) is 52.7 Å². The second-order valence-corrected chi connectivity index (χ2v) is 8.78. The molecule has 0 aliphatic rings. The fourth-order valence-corrected chi connectivity index (χ4v) is 5.02. The number of nitrogens with zero attached hydrogens (tertiary/aromatic N) is 2. The number of aryl methyl sites for hydroxylation is 1. The maximum absolute atomic E-state index is 13.3. The summed E-state index contributed by atoms with van der Waals surface area (Å²) in [5, 5.41) is 11.6. The second-order valence-electron chi connectivity index (χ2n) is 5.65. The molecule has 1 unspecified atom stereocenters. The van der Waals surface area contributed by atoms with E-state index in [1.807, 2.05) is 0 Å². The molecule has 0 radical (unpaired) electrons. The van der Waals surface area contributed by atoms with Gasteiger partial charge in [0.15, 0.2) is 0 Å². The molecular formula is C17H13ClF2N2O3S2. The summed E-state index contributed by atoms with van der Waals surface area (Å²) in [5.41, 5.74) is 0.480. The fourth-order valence-electron chi connectivity index (χ4n) is 2.42. The Kier molecular flexibility index (Phi) is 5.48. The normalized spacial score (nSPS) is 12.8. The monoisotopic (exact) mass is 430 g/mol. The minimum absolute atomic E-state index is 0.0181. The Labute approximate surface area is 163 Å². The van der Waals surface area contributed by atoms with Crippen LogP contribution in [0.4, 0.5) is 13.9 Å². The van der Waals surface area contributed by atoms with E-state index in [-0.39, 0.29) is 21.3 Å². The van der Waals surface area contributed by atoms with Crippen molar-refractivity contribution in [3.63, 3.8) is 0 Å². The quantitative estimate of drug-likeness (QED) is 0.617. The van der Waals surface area contributed by atoms with Crippen molar-refractivity contribution in [2.45, 2.75) is 17.9 Å². The van der Waals surface area contributed by atoms with Crippen LogP contribution in [0.3, 0.4) is 0 Å². The Bertz CT molecular complexity index is 1070. The zero-order valence-corrected chi connectivity index (χ0v) is 16.2. The lowest BCUT2D eigenvalue weighted by molar-refractivity contribution is 0.215. The Balaban J connectivity index is 1.92. The van der Waals surface area contributed by atoms with Crippen LogP contribution in [0, 0.1) is 18.6 Å². The molecule has 142 valence electrons. The molecule has 2 aromatic carbocycles. The molecule has 0 saturated heterocycles. The average Bonchev–Trinajstić information content (AvgIpc) is 3.09. The van der Waals surface area contributed by atoms with Gasteiger partial charge in [-0.05, 0) is 36.2 Å². The standard InChI is InChI=1S/C17H13ClF2N2O3S2/c1-10-4-2-3-5-15(10)27(24,25)22(18)17-21-14(9-26-17)16(23)11-6-12(19)8-13(20)7-11/h2-9,16,23H,1H3. The number of thiazole rings is 1. The van der Waals surface area contributed by atoms with E-state index in [1.54, 1.807) is 25.1 Å². The van der Waals surface area contributed by atoms with Gasteiger partial charge >= 0.3 is 0 Å². The number of rotatable bonds is 5. The smallest absolute Gasteiger partial charge is 0.280 e. The highest BCUT2D eigenvalue weighted by Gasteiger charge is 2.28. The molecule has 0 aliphatic carbocycles. The van der Waals surface area contributed by atoms with E-state index in [9.17, 15) is 22.3 Å². The summed E-state index contributed by atoms with van der Waals surface area (Å²) in [4.78, 5) is 4.02. The van der Waals surface area contributed by atoms with Crippen LogP contribution < -0.4 is 3.82 Å². The molecule has 0 saturated carbocycles. The Hall–Kier alpha value is -2.07. The molecule has 0 amide bonds. The van der Waals surface area contributed by atoms with E-state index in [0.717, 1.165) is 23.5 Å². The van der Waals surface area contributed by atoms with Crippen molar-refractivity contribution in [2.24, 2.45) is 0 Å². The molecular weight excluding hydrogens is 418 g/mol. The highest BCUT2D eigenvalue weighted by atomic mass is 35.5. The summed E-state index contributed by atoms with van der Waals surface area (Å²) in [6.07, 6.45) is -1.44. The minimum Gasteiger partial charge on any atom is -0.382 e. The molecule has 1 aromatic heterocycles. The van der Waals surface area contributed by atoms with Crippen molar-refractivity contribution < 1.29 is 22.3 Å². The molecule has 1 atom stereocenters. The van der Waals surface area contributed by atoms with Crippen LogP contribution in [-0.2, 0) is 10.0 Å². The van der Waals surface area contributed by atoms with Crippen LogP contribution in [0.5, 0.6) is 0 Å². The van der Waals surface area contributed by atoms with Gasteiger partial charge < -0.3 is 5.11 Å². The highest BCUT2D eigenvalue weighted by molar-refractivity contribution is 7.94. The van der Waals surface area contributed by atoms with Crippen molar-refractivity contribution in [1.82, 2.24) is 4.98 Å². The van der Waals surface area contributed by atoms with Gasteiger partial charge in [-0.15, -0.1) is 15.2 Å². The number of aliphatic hydroxyl groups is 1. The summed E-state index contributed by atoms with van der Waals surface area (Å²) in [6, 6.07) is 8.93. The van der Waals surface area contributed by atoms with Gasteiger partial charge in [-0.2, -0.15) is 8.42 Å². The first-order valence-corrected chi connectivity index (χ1v) is 10.2. The number of sulfonamides is 1. The van der Waals surface area contributed by atoms with E-state index in [2.05, 4.69) is 4.98 Å². The maximum Gasteiger partial charge on any atom is 0.280 e.